The molecule has 0 aromatic heterocycles. The quantitative estimate of drug-likeness (QED) is 0.733. The van der Waals surface area contributed by atoms with Crippen LogP contribution in [0.1, 0.15) is 20.3 Å². The second-order valence-electron chi connectivity index (χ2n) is 3.54. The lowest BCUT2D eigenvalue weighted by Gasteiger charge is -2.20. The SMILES string of the molecule is C=C(C)C1=C(/N=C\C)NC(=C)C(CC#N)=C1. The fourth-order valence-corrected chi connectivity index (χ4v) is 1.42. The molecule has 1 aliphatic heterocycles. The predicted molar refractivity (Wildman–Crippen MR) is 66.6 cm³/mol. The fraction of sp³-hybridized carbons (Fsp3) is 0.231. The minimum Gasteiger partial charge on any atom is -0.340 e. The first-order valence-corrected chi connectivity index (χ1v) is 5.02. The van der Waals surface area contributed by atoms with Gasteiger partial charge in [-0.3, -0.25) is 0 Å². The number of hydrogen-bond acceptors (Lipinski definition) is 3. The van der Waals surface area contributed by atoms with Crippen molar-refractivity contribution in [2.24, 2.45) is 4.99 Å². The van der Waals surface area contributed by atoms with Gasteiger partial charge in [0.2, 0.25) is 0 Å². The summed E-state index contributed by atoms with van der Waals surface area (Å²) in [6, 6.07) is 2.11. The van der Waals surface area contributed by atoms with Crippen LogP contribution in [0.4, 0.5) is 0 Å². The lowest BCUT2D eigenvalue weighted by Crippen LogP contribution is -2.18. The lowest BCUT2D eigenvalue weighted by atomic mass is 9.99. The summed E-state index contributed by atoms with van der Waals surface area (Å²) >= 11 is 0. The molecule has 0 spiro atoms. The first-order chi connectivity index (χ1) is 7.60. The largest absolute Gasteiger partial charge is 0.340 e. The van der Waals surface area contributed by atoms with Crippen LogP contribution < -0.4 is 5.32 Å². The number of rotatable bonds is 3. The van der Waals surface area contributed by atoms with Crippen molar-refractivity contribution >= 4 is 6.21 Å². The van der Waals surface area contributed by atoms with Gasteiger partial charge in [0.15, 0.2) is 0 Å². The topological polar surface area (TPSA) is 48.2 Å². The molecule has 3 nitrogen and oxygen atoms in total. The standard InChI is InChI=1S/C13H15N3/c1-5-15-13-12(9(2)3)8-11(6-7-14)10(4)16-13/h5,8,16H,2,4,6H2,1,3H3/b15-5-. The Bertz CT molecular complexity index is 456. The summed E-state index contributed by atoms with van der Waals surface area (Å²) in [4.78, 5) is 4.23. The highest BCUT2D eigenvalue weighted by atomic mass is 15.0. The van der Waals surface area contributed by atoms with E-state index in [-0.39, 0.29) is 0 Å². The maximum atomic E-state index is 8.70. The number of aliphatic imine (C=N–C) groups is 1. The van der Waals surface area contributed by atoms with Gasteiger partial charge in [-0.1, -0.05) is 13.2 Å². The molecule has 16 heavy (non-hydrogen) atoms. The van der Waals surface area contributed by atoms with Crippen molar-refractivity contribution in [1.82, 2.24) is 5.32 Å². The minimum absolute atomic E-state index is 0.339. The molecule has 1 rings (SSSR count). The summed E-state index contributed by atoms with van der Waals surface area (Å²) in [6.07, 6.45) is 3.97. The van der Waals surface area contributed by atoms with Gasteiger partial charge >= 0.3 is 0 Å². The second-order valence-corrected chi connectivity index (χ2v) is 3.54. The number of hydrogen-bond donors (Lipinski definition) is 1. The van der Waals surface area contributed by atoms with E-state index in [1.165, 1.54) is 0 Å². The molecular weight excluding hydrogens is 198 g/mol. The van der Waals surface area contributed by atoms with Crippen molar-refractivity contribution in [3.05, 3.63) is 47.5 Å². The van der Waals surface area contributed by atoms with Crippen molar-refractivity contribution in [3.63, 3.8) is 0 Å². The van der Waals surface area contributed by atoms with Crippen LogP contribution in [-0.4, -0.2) is 6.21 Å². The minimum atomic E-state index is 0.339. The average Bonchev–Trinajstić information content (AvgIpc) is 2.22. The van der Waals surface area contributed by atoms with Gasteiger partial charge in [0.1, 0.15) is 5.82 Å². The molecule has 0 aromatic carbocycles. The smallest absolute Gasteiger partial charge is 0.137 e. The van der Waals surface area contributed by atoms with E-state index >= 15 is 0 Å². The number of nitriles is 1. The average molecular weight is 213 g/mol. The van der Waals surface area contributed by atoms with Crippen molar-refractivity contribution in [3.8, 4) is 6.07 Å². The molecule has 0 amide bonds. The third-order valence-electron chi connectivity index (χ3n) is 2.22. The molecular formula is C13H15N3. The van der Waals surface area contributed by atoms with Crippen LogP contribution in [0.25, 0.3) is 0 Å². The Labute approximate surface area is 96.2 Å². The van der Waals surface area contributed by atoms with E-state index in [4.69, 9.17) is 5.26 Å². The zero-order valence-corrected chi connectivity index (χ0v) is 9.67. The van der Waals surface area contributed by atoms with E-state index in [9.17, 15) is 0 Å². The Hall–Kier alpha value is -2.08. The summed E-state index contributed by atoms with van der Waals surface area (Å²) in [7, 11) is 0. The van der Waals surface area contributed by atoms with Gasteiger partial charge in [-0.25, -0.2) is 4.99 Å². The van der Waals surface area contributed by atoms with Gasteiger partial charge in [0.05, 0.1) is 12.5 Å². The summed E-state index contributed by atoms with van der Waals surface area (Å²) in [5, 5.41) is 11.8. The third kappa shape index (κ3) is 2.48. The highest BCUT2D eigenvalue weighted by molar-refractivity contribution is 5.59. The third-order valence-corrected chi connectivity index (χ3v) is 2.22. The first kappa shape index (κ1) is 12.0. The Balaban J connectivity index is 3.21. The molecule has 0 bridgehead atoms. The van der Waals surface area contributed by atoms with Gasteiger partial charge in [-0.15, -0.1) is 0 Å². The molecule has 3 heteroatoms. The van der Waals surface area contributed by atoms with Crippen LogP contribution in [0.15, 0.2) is 52.5 Å². The van der Waals surface area contributed by atoms with E-state index in [2.05, 4.69) is 29.5 Å². The van der Waals surface area contributed by atoms with Crippen LogP contribution in [0, 0.1) is 11.3 Å². The van der Waals surface area contributed by atoms with Gasteiger partial charge in [-0.2, -0.15) is 5.26 Å². The van der Waals surface area contributed by atoms with Crippen LogP contribution in [0.5, 0.6) is 0 Å². The highest BCUT2D eigenvalue weighted by Crippen LogP contribution is 2.25. The Kier molecular flexibility index (Phi) is 3.84. The van der Waals surface area contributed by atoms with Crippen LogP contribution in [0.2, 0.25) is 0 Å². The van der Waals surface area contributed by atoms with E-state index in [1.54, 1.807) is 6.21 Å². The molecule has 0 fully saturated rings. The maximum absolute atomic E-state index is 8.70. The molecule has 1 N–H and O–H groups in total. The fourth-order valence-electron chi connectivity index (χ4n) is 1.42. The number of dihydropyridines is 1. The van der Waals surface area contributed by atoms with Crippen LogP contribution >= 0.6 is 0 Å². The zero-order valence-electron chi connectivity index (χ0n) is 9.67. The Morgan fingerprint density at radius 3 is 2.88 bits per heavy atom. The van der Waals surface area contributed by atoms with Gasteiger partial charge in [-0.05, 0) is 31.1 Å². The lowest BCUT2D eigenvalue weighted by molar-refractivity contribution is 0.911. The Morgan fingerprint density at radius 1 is 1.69 bits per heavy atom. The monoisotopic (exact) mass is 213 g/mol. The van der Waals surface area contributed by atoms with Crippen LogP contribution in [-0.2, 0) is 0 Å². The Morgan fingerprint density at radius 2 is 2.38 bits per heavy atom. The summed E-state index contributed by atoms with van der Waals surface area (Å²) in [6.45, 7) is 11.5. The summed E-state index contributed by atoms with van der Waals surface area (Å²) in [5.74, 6) is 0.738. The van der Waals surface area contributed by atoms with E-state index in [0.29, 0.717) is 6.42 Å². The maximum Gasteiger partial charge on any atom is 0.137 e. The number of nitrogens with one attached hydrogen (secondary N) is 1. The van der Waals surface area contributed by atoms with E-state index in [0.717, 1.165) is 28.2 Å². The molecule has 0 aromatic rings. The predicted octanol–water partition coefficient (Wildman–Crippen LogP) is 2.82. The normalized spacial score (nSPS) is 15.8. The molecule has 0 radical (unpaired) electrons. The zero-order chi connectivity index (χ0) is 12.1. The number of allylic oxidation sites excluding steroid dienone is 4. The van der Waals surface area contributed by atoms with Gasteiger partial charge in [0, 0.05) is 17.5 Å². The van der Waals surface area contributed by atoms with Gasteiger partial charge < -0.3 is 5.32 Å². The second kappa shape index (κ2) is 5.13. The molecule has 0 unspecified atom stereocenters. The molecule has 0 saturated heterocycles. The van der Waals surface area contributed by atoms with Crippen LogP contribution in [0.3, 0.4) is 0 Å². The highest BCUT2D eigenvalue weighted by Gasteiger charge is 2.15. The summed E-state index contributed by atoms with van der Waals surface area (Å²) in [5.41, 5.74) is 3.45. The molecule has 0 saturated carbocycles. The molecule has 82 valence electrons. The van der Waals surface area contributed by atoms with E-state index in [1.807, 2.05) is 19.9 Å². The first-order valence-electron chi connectivity index (χ1n) is 5.02. The molecule has 0 atom stereocenters. The molecule has 0 aliphatic carbocycles. The molecule has 1 aliphatic rings. The van der Waals surface area contributed by atoms with Crippen molar-refractivity contribution in [2.45, 2.75) is 20.3 Å². The number of nitrogens with zero attached hydrogens (tertiary/aromatic N) is 2. The van der Waals surface area contributed by atoms with Crippen molar-refractivity contribution in [1.29, 1.82) is 5.26 Å². The summed E-state index contributed by atoms with van der Waals surface area (Å²) < 4.78 is 0. The molecule has 1 heterocycles. The van der Waals surface area contributed by atoms with Crippen molar-refractivity contribution < 1.29 is 0 Å². The van der Waals surface area contributed by atoms with E-state index < -0.39 is 0 Å². The van der Waals surface area contributed by atoms with Gasteiger partial charge in [0.25, 0.3) is 0 Å². The van der Waals surface area contributed by atoms with Crippen molar-refractivity contribution in [2.75, 3.05) is 0 Å².